The molecule has 5 nitrogen and oxygen atoms in total. The van der Waals surface area contributed by atoms with Gasteiger partial charge in [-0.15, -0.1) is 0 Å². The molecule has 4 aromatic rings. The van der Waals surface area contributed by atoms with Crippen LogP contribution in [0.1, 0.15) is 22.3 Å². The molecule has 0 bridgehead atoms. The van der Waals surface area contributed by atoms with Crippen molar-refractivity contribution in [3.05, 3.63) is 101 Å². The van der Waals surface area contributed by atoms with E-state index in [9.17, 15) is 9.90 Å². The lowest BCUT2D eigenvalue weighted by molar-refractivity contribution is -0.139. The van der Waals surface area contributed by atoms with Crippen LogP contribution in [-0.4, -0.2) is 22.1 Å². The molecule has 1 aromatic heterocycles. The van der Waals surface area contributed by atoms with Crippen molar-refractivity contribution in [3.63, 3.8) is 0 Å². The van der Waals surface area contributed by atoms with E-state index in [0.29, 0.717) is 19.6 Å². The summed E-state index contributed by atoms with van der Waals surface area (Å²) >= 11 is 0. The Kier molecular flexibility index (Phi) is 6.34. The van der Waals surface area contributed by atoms with Gasteiger partial charge < -0.3 is 20.1 Å². The summed E-state index contributed by atoms with van der Waals surface area (Å²) in [7, 11) is 0. The molecule has 0 radical (unpaired) electrons. The first-order chi connectivity index (χ1) is 15.1. The number of aliphatic carboxylic acids is 1. The molecule has 0 spiro atoms. The number of ether oxygens (including phenoxy) is 1. The number of aromatic nitrogens is 1. The molecule has 0 saturated carbocycles. The number of rotatable bonds is 9. The Morgan fingerprint density at radius 3 is 2.68 bits per heavy atom. The minimum absolute atomic E-state index is 0.406. The zero-order valence-electron chi connectivity index (χ0n) is 17.5. The van der Waals surface area contributed by atoms with Crippen molar-refractivity contribution in [3.8, 4) is 5.75 Å². The minimum Gasteiger partial charge on any atom is -0.489 e. The van der Waals surface area contributed by atoms with Gasteiger partial charge in [0.15, 0.2) is 0 Å². The number of aromatic amines is 1. The molecule has 0 aliphatic carbocycles. The van der Waals surface area contributed by atoms with Crippen LogP contribution in [0.5, 0.6) is 5.75 Å². The van der Waals surface area contributed by atoms with Gasteiger partial charge in [-0.05, 0) is 47.4 Å². The topological polar surface area (TPSA) is 74.3 Å². The molecule has 0 aliphatic heterocycles. The Bertz CT molecular complexity index is 1180. The SMILES string of the molecule is Cc1ccccc1COc1cccc(CN[C@@H](Cc2c[nH]c3ccccc23)C(=O)O)c1. The van der Waals surface area contributed by atoms with E-state index >= 15 is 0 Å². The van der Waals surface area contributed by atoms with E-state index in [1.807, 2.05) is 66.9 Å². The predicted octanol–water partition coefficient (Wildman–Crippen LogP) is 4.84. The first kappa shape index (κ1) is 20.7. The second-order valence-corrected chi connectivity index (χ2v) is 7.70. The standard InChI is InChI=1S/C26H26N2O3/c1-18-7-2-3-9-20(18)17-31-22-10-6-8-19(13-22)15-27-25(26(29)30)14-21-16-28-24-12-5-4-11-23(21)24/h2-13,16,25,27-28H,14-15,17H2,1H3,(H,29,30)/t25-/m0/s1. The highest BCUT2D eigenvalue weighted by Crippen LogP contribution is 2.20. The highest BCUT2D eigenvalue weighted by molar-refractivity contribution is 5.84. The van der Waals surface area contributed by atoms with Crippen molar-refractivity contribution in [2.45, 2.75) is 32.5 Å². The second kappa shape index (κ2) is 9.49. The number of carboxylic acid groups (broad SMARTS) is 1. The van der Waals surface area contributed by atoms with E-state index in [2.05, 4.69) is 29.4 Å². The number of carboxylic acids is 1. The molecule has 3 N–H and O–H groups in total. The molecule has 0 unspecified atom stereocenters. The Balaban J connectivity index is 1.39. The number of H-pyrrole nitrogens is 1. The van der Waals surface area contributed by atoms with E-state index in [1.165, 1.54) is 5.56 Å². The molecular formula is C26H26N2O3. The fourth-order valence-corrected chi connectivity index (χ4v) is 3.69. The molecule has 5 heteroatoms. The number of hydrogen-bond donors (Lipinski definition) is 3. The van der Waals surface area contributed by atoms with Crippen LogP contribution in [0.3, 0.4) is 0 Å². The molecule has 1 atom stereocenters. The molecule has 4 rings (SSSR count). The fraction of sp³-hybridized carbons (Fsp3) is 0.192. The molecule has 0 saturated heterocycles. The van der Waals surface area contributed by atoms with Gasteiger partial charge in [0, 0.05) is 30.1 Å². The fourth-order valence-electron chi connectivity index (χ4n) is 3.69. The van der Waals surface area contributed by atoms with Crippen molar-refractivity contribution in [2.75, 3.05) is 0 Å². The van der Waals surface area contributed by atoms with Crippen LogP contribution in [0.25, 0.3) is 10.9 Å². The monoisotopic (exact) mass is 414 g/mol. The van der Waals surface area contributed by atoms with Crippen LogP contribution in [-0.2, 0) is 24.4 Å². The summed E-state index contributed by atoms with van der Waals surface area (Å²) in [6, 6.07) is 23.2. The Labute approximate surface area is 181 Å². The van der Waals surface area contributed by atoms with Gasteiger partial charge in [0.1, 0.15) is 18.4 Å². The van der Waals surface area contributed by atoms with Gasteiger partial charge in [-0.3, -0.25) is 4.79 Å². The van der Waals surface area contributed by atoms with Crippen molar-refractivity contribution in [1.82, 2.24) is 10.3 Å². The third-order valence-electron chi connectivity index (χ3n) is 5.50. The highest BCUT2D eigenvalue weighted by Gasteiger charge is 2.19. The summed E-state index contributed by atoms with van der Waals surface area (Å²) < 4.78 is 5.95. The lowest BCUT2D eigenvalue weighted by Gasteiger charge is -2.15. The molecule has 0 fully saturated rings. The van der Waals surface area contributed by atoms with E-state index in [4.69, 9.17) is 4.74 Å². The normalized spacial score (nSPS) is 12.0. The van der Waals surface area contributed by atoms with Crippen molar-refractivity contribution in [1.29, 1.82) is 0 Å². The molecular weight excluding hydrogens is 388 g/mol. The number of para-hydroxylation sites is 1. The molecule has 158 valence electrons. The maximum Gasteiger partial charge on any atom is 0.321 e. The quantitative estimate of drug-likeness (QED) is 0.366. The van der Waals surface area contributed by atoms with Crippen LogP contribution in [0.4, 0.5) is 0 Å². The zero-order chi connectivity index (χ0) is 21.6. The van der Waals surface area contributed by atoms with Crippen LogP contribution in [0, 0.1) is 6.92 Å². The van der Waals surface area contributed by atoms with Crippen LogP contribution in [0.15, 0.2) is 79.0 Å². The Morgan fingerprint density at radius 2 is 1.84 bits per heavy atom. The van der Waals surface area contributed by atoms with E-state index < -0.39 is 12.0 Å². The first-order valence-corrected chi connectivity index (χ1v) is 10.4. The van der Waals surface area contributed by atoms with Crippen molar-refractivity contribution >= 4 is 16.9 Å². The lowest BCUT2D eigenvalue weighted by Crippen LogP contribution is -2.38. The van der Waals surface area contributed by atoms with Gasteiger partial charge in [0.2, 0.25) is 0 Å². The first-order valence-electron chi connectivity index (χ1n) is 10.4. The molecule has 1 heterocycles. The summed E-state index contributed by atoms with van der Waals surface area (Å²) in [5.74, 6) is -0.0942. The number of benzene rings is 3. The maximum atomic E-state index is 11.8. The van der Waals surface area contributed by atoms with E-state index in [1.54, 1.807) is 0 Å². The molecule has 0 aliphatic rings. The summed E-state index contributed by atoms with van der Waals surface area (Å²) in [4.78, 5) is 15.1. The third-order valence-corrected chi connectivity index (χ3v) is 5.50. The van der Waals surface area contributed by atoms with Crippen molar-refractivity contribution < 1.29 is 14.6 Å². The summed E-state index contributed by atoms with van der Waals surface area (Å²) in [6.07, 6.45) is 2.30. The summed E-state index contributed by atoms with van der Waals surface area (Å²) in [5.41, 5.74) is 5.33. The number of hydrogen-bond acceptors (Lipinski definition) is 3. The highest BCUT2D eigenvalue weighted by atomic mass is 16.5. The maximum absolute atomic E-state index is 11.8. The lowest BCUT2D eigenvalue weighted by atomic mass is 10.0. The van der Waals surface area contributed by atoms with Gasteiger partial charge in [0.05, 0.1) is 0 Å². The largest absolute Gasteiger partial charge is 0.489 e. The third kappa shape index (κ3) is 5.13. The average Bonchev–Trinajstić information content (AvgIpc) is 3.19. The van der Waals surface area contributed by atoms with Gasteiger partial charge in [-0.2, -0.15) is 0 Å². The Morgan fingerprint density at radius 1 is 1.03 bits per heavy atom. The van der Waals surface area contributed by atoms with Crippen molar-refractivity contribution in [2.24, 2.45) is 0 Å². The summed E-state index contributed by atoms with van der Waals surface area (Å²) in [6.45, 7) is 3.02. The average molecular weight is 415 g/mol. The molecule has 3 aromatic carbocycles. The van der Waals surface area contributed by atoms with Gasteiger partial charge in [0.25, 0.3) is 0 Å². The van der Waals surface area contributed by atoms with Crippen LogP contribution < -0.4 is 10.1 Å². The summed E-state index contributed by atoms with van der Waals surface area (Å²) in [5, 5.41) is 14.0. The molecule has 0 amide bonds. The van der Waals surface area contributed by atoms with Gasteiger partial charge in [-0.25, -0.2) is 0 Å². The number of fused-ring (bicyclic) bond motifs is 1. The van der Waals surface area contributed by atoms with Gasteiger partial charge in [-0.1, -0.05) is 54.6 Å². The molecule has 31 heavy (non-hydrogen) atoms. The van der Waals surface area contributed by atoms with Crippen LogP contribution >= 0.6 is 0 Å². The van der Waals surface area contributed by atoms with E-state index in [0.717, 1.165) is 33.3 Å². The number of carbonyl (C=O) groups is 1. The Hall–Kier alpha value is -3.57. The second-order valence-electron chi connectivity index (χ2n) is 7.70. The van der Waals surface area contributed by atoms with E-state index in [-0.39, 0.29) is 0 Å². The number of aryl methyl sites for hydroxylation is 1. The van der Waals surface area contributed by atoms with Crippen LogP contribution in [0.2, 0.25) is 0 Å². The minimum atomic E-state index is -0.864. The zero-order valence-corrected chi connectivity index (χ0v) is 17.5. The number of nitrogens with one attached hydrogen (secondary N) is 2. The predicted molar refractivity (Wildman–Crippen MR) is 122 cm³/mol. The smallest absolute Gasteiger partial charge is 0.321 e. The van der Waals surface area contributed by atoms with Gasteiger partial charge >= 0.3 is 5.97 Å².